The second kappa shape index (κ2) is 4.18. The third-order valence-electron chi connectivity index (χ3n) is 2.07. The van der Waals surface area contributed by atoms with E-state index in [0.717, 1.165) is 23.4 Å². The first-order valence-corrected chi connectivity index (χ1v) is 4.83. The lowest BCUT2D eigenvalue weighted by Crippen LogP contribution is -2.02. The first-order chi connectivity index (χ1) is 7.29. The number of rotatable bonds is 3. The van der Waals surface area contributed by atoms with Crippen molar-refractivity contribution < 1.29 is 0 Å². The minimum atomic E-state index is 0.588. The van der Waals surface area contributed by atoms with Crippen LogP contribution in [0.2, 0.25) is 0 Å². The van der Waals surface area contributed by atoms with E-state index in [1.54, 1.807) is 17.1 Å². The zero-order valence-corrected chi connectivity index (χ0v) is 8.59. The Balaban J connectivity index is 2.29. The number of aromatic nitrogens is 4. The average molecular weight is 203 g/mol. The zero-order valence-electron chi connectivity index (χ0n) is 8.59. The minimum Gasteiger partial charge on any atom is -0.330 e. The highest BCUT2D eigenvalue weighted by Gasteiger charge is 2.02. The summed E-state index contributed by atoms with van der Waals surface area (Å²) < 4.78 is 1.71. The molecule has 0 aliphatic carbocycles. The van der Waals surface area contributed by atoms with Crippen molar-refractivity contribution in [3.63, 3.8) is 0 Å². The van der Waals surface area contributed by atoms with Gasteiger partial charge in [0.15, 0.2) is 0 Å². The molecule has 2 rings (SSSR count). The molecule has 5 heteroatoms. The van der Waals surface area contributed by atoms with Crippen LogP contribution in [0, 0.1) is 6.92 Å². The van der Waals surface area contributed by atoms with Crippen LogP contribution in [0.5, 0.6) is 0 Å². The van der Waals surface area contributed by atoms with Crippen LogP contribution in [0.3, 0.4) is 0 Å². The molecule has 0 unspecified atom stereocenters. The quantitative estimate of drug-likeness (QED) is 0.787. The second-order valence-corrected chi connectivity index (χ2v) is 3.41. The van der Waals surface area contributed by atoms with Crippen LogP contribution in [-0.4, -0.2) is 26.5 Å². The third kappa shape index (κ3) is 2.19. The maximum atomic E-state index is 5.44. The summed E-state index contributed by atoms with van der Waals surface area (Å²) in [6.45, 7) is 2.58. The van der Waals surface area contributed by atoms with Crippen molar-refractivity contribution in [1.82, 2.24) is 20.0 Å². The lowest BCUT2D eigenvalue weighted by atomic mass is 10.3. The molecule has 0 spiro atoms. The molecule has 0 saturated carbocycles. The zero-order chi connectivity index (χ0) is 10.7. The predicted molar refractivity (Wildman–Crippen MR) is 56.6 cm³/mol. The molecule has 0 aliphatic rings. The van der Waals surface area contributed by atoms with E-state index in [0.29, 0.717) is 6.54 Å². The Bertz CT molecular complexity index is 449. The van der Waals surface area contributed by atoms with Crippen LogP contribution in [0.4, 0.5) is 0 Å². The topological polar surface area (TPSA) is 69.6 Å². The Morgan fingerprint density at radius 3 is 3.00 bits per heavy atom. The summed E-state index contributed by atoms with van der Waals surface area (Å²) in [5.74, 6) is 0. The smallest absolute Gasteiger partial charge is 0.0849 e. The van der Waals surface area contributed by atoms with Gasteiger partial charge in [-0.3, -0.25) is 4.98 Å². The molecule has 0 saturated heterocycles. The van der Waals surface area contributed by atoms with E-state index < -0.39 is 0 Å². The van der Waals surface area contributed by atoms with E-state index in [2.05, 4.69) is 15.3 Å². The van der Waals surface area contributed by atoms with Gasteiger partial charge >= 0.3 is 0 Å². The molecule has 0 bridgehead atoms. The molecular formula is C10H13N5. The highest BCUT2D eigenvalue weighted by Crippen LogP contribution is 2.07. The van der Waals surface area contributed by atoms with Gasteiger partial charge in [0.1, 0.15) is 0 Å². The molecule has 0 aromatic carbocycles. The molecule has 2 heterocycles. The molecule has 0 atom stereocenters. The molecule has 78 valence electrons. The molecule has 2 aromatic heterocycles. The van der Waals surface area contributed by atoms with Gasteiger partial charge in [-0.1, -0.05) is 5.21 Å². The van der Waals surface area contributed by atoms with Crippen molar-refractivity contribution in [3.05, 3.63) is 35.9 Å². The fraction of sp³-hybridized carbons (Fsp3) is 0.300. The van der Waals surface area contributed by atoms with Gasteiger partial charge < -0.3 is 5.73 Å². The van der Waals surface area contributed by atoms with E-state index in [4.69, 9.17) is 5.73 Å². The molecular weight excluding hydrogens is 190 g/mol. The molecule has 5 nitrogen and oxygen atoms in total. The van der Waals surface area contributed by atoms with E-state index in [-0.39, 0.29) is 0 Å². The van der Waals surface area contributed by atoms with Crippen LogP contribution < -0.4 is 5.73 Å². The van der Waals surface area contributed by atoms with E-state index in [1.165, 1.54) is 0 Å². The van der Waals surface area contributed by atoms with Gasteiger partial charge in [0.05, 0.1) is 23.8 Å². The van der Waals surface area contributed by atoms with Crippen molar-refractivity contribution in [1.29, 1.82) is 0 Å². The maximum absolute atomic E-state index is 5.44. The summed E-state index contributed by atoms with van der Waals surface area (Å²) in [6, 6.07) is 2.01. The van der Waals surface area contributed by atoms with Crippen molar-refractivity contribution in [2.75, 3.05) is 6.54 Å². The Morgan fingerprint density at radius 1 is 1.40 bits per heavy atom. The third-order valence-corrected chi connectivity index (χ3v) is 2.07. The van der Waals surface area contributed by atoms with Crippen LogP contribution in [-0.2, 0) is 6.42 Å². The Morgan fingerprint density at radius 2 is 2.27 bits per heavy atom. The van der Waals surface area contributed by atoms with Crippen LogP contribution in [0.15, 0.2) is 24.7 Å². The molecule has 0 amide bonds. The van der Waals surface area contributed by atoms with Crippen LogP contribution >= 0.6 is 0 Å². The van der Waals surface area contributed by atoms with Crippen molar-refractivity contribution in [2.45, 2.75) is 13.3 Å². The molecule has 15 heavy (non-hydrogen) atoms. The summed E-state index contributed by atoms with van der Waals surface area (Å²) >= 11 is 0. The fourth-order valence-corrected chi connectivity index (χ4v) is 1.35. The highest BCUT2D eigenvalue weighted by molar-refractivity contribution is 5.30. The van der Waals surface area contributed by atoms with Crippen molar-refractivity contribution >= 4 is 0 Å². The van der Waals surface area contributed by atoms with Crippen LogP contribution in [0.25, 0.3) is 5.69 Å². The Kier molecular flexibility index (Phi) is 2.73. The van der Waals surface area contributed by atoms with Crippen molar-refractivity contribution in [3.8, 4) is 5.69 Å². The molecule has 2 N–H and O–H groups in total. The standard InChI is InChI=1S/C10H13N5/c1-8-4-10(6-12-5-8)15-7-9(2-3-11)13-14-15/h4-7H,2-3,11H2,1H3. The van der Waals surface area contributed by atoms with Crippen molar-refractivity contribution in [2.24, 2.45) is 5.73 Å². The number of pyridine rings is 1. The van der Waals surface area contributed by atoms with E-state index in [9.17, 15) is 0 Å². The first-order valence-electron chi connectivity index (χ1n) is 4.83. The van der Waals surface area contributed by atoms with Gasteiger partial charge in [-0.2, -0.15) is 0 Å². The fourth-order valence-electron chi connectivity index (χ4n) is 1.35. The van der Waals surface area contributed by atoms with Gasteiger partial charge in [-0.15, -0.1) is 5.10 Å². The number of hydrogen-bond acceptors (Lipinski definition) is 4. The van der Waals surface area contributed by atoms with Crippen LogP contribution in [0.1, 0.15) is 11.3 Å². The monoisotopic (exact) mass is 203 g/mol. The van der Waals surface area contributed by atoms with Gasteiger partial charge in [-0.25, -0.2) is 4.68 Å². The SMILES string of the molecule is Cc1cncc(-n2cc(CCN)nn2)c1. The predicted octanol–water partition coefficient (Wildman–Crippen LogP) is 0.472. The van der Waals surface area contributed by atoms with Gasteiger partial charge in [-0.05, 0) is 25.1 Å². The molecule has 2 aromatic rings. The highest BCUT2D eigenvalue weighted by atomic mass is 15.4. The number of aryl methyl sites for hydroxylation is 1. The summed E-state index contributed by atoms with van der Waals surface area (Å²) in [5.41, 5.74) is 8.37. The van der Waals surface area contributed by atoms with E-state index in [1.807, 2.05) is 19.2 Å². The summed E-state index contributed by atoms with van der Waals surface area (Å²) in [4.78, 5) is 4.10. The lowest BCUT2D eigenvalue weighted by molar-refractivity contribution is 0.791. The average Bonchev–Trinajstić information content (AvgIpc) is 2.67. The summed E-state index contributed by atoms with van der Waals surface area (Å²) in [5, 5.41) is 8.03. The first kappa shape index (κ1) is 9.79. The summed E-state index contributed by atoms with van der Waals surface area (Å²) in [6.07, 6.45) is 6.19. The largest absolute Gasteiger partial charge is 0.330 e. The number of hydrogen-bond donors (Lipinski definition) is 1. The maximum Gasteiger partial charge on any atom is 0.0849 e. The van der Waals surface area contributed by atoms with Gasteiger partial charge in [0.25, 0.3) is 0 Å². The molecule has 0 radical (unpaired) electrons. The normalized spacial score (nSPS) is 10.5. The number of nitrogens with zero attached hydrogens (tertiary/aromatic N) is 4. The summed E-state index contributed by atoms with van der Waals surface area (Å²) in [7, 11) is 0. The minimum absolute atomic E-state index is 0.588. The molecule has 0 aliphatic heterocycles. The van der Waals surface area contributed by atoms with Gasteiger partial charge in [0, 0.05) is 12.6 Å². The second-order valence-electron chi connectivity index (χ2n) is 3.41. The molecule has 0 fully saturated rings. The lowest BCUT2D eigenvalue weighted by Gasteiger charge is -1.99. The Hall–Kier alpha value is -1.75. The van der Waals surface area contributed by atoms with Gasteiger partial charge in [0.2, 0.25) is 0 Å². The number of nitrogens with two attached hydrogens (primary N) is 1. The van der Waals surface area contributed by atoms with E-state index >= 15 is 0 Å². The Labute approximate surface area is 87.9 Å².